The Bertz CT molecular complexity index is 580. The quantitative estimate of drug-likeness (QED) is 0.799. The van der Waals surface area contributed by atoms with Crippen LogP contribution in [0.15, 0.2) is 24.3 Å². The standard InChI is InChI=1S/C16H26N2O3S/c1-5-6-11-18(22(4,20)21)12-16(19)17-15-9-7-14(8-10-15)13(2)3/h7-10,13H,5-6,11-12H2,1-4H3,(H,17,19). The molecule has 5 nitrogen and oxygen atoms in total. The lowest BCUT2D eigenvalue weighted by Gasteiger charge is -2.19. The maximum Gasteiger partial charge on any atom is 0.239 e. The predicted octanol–water partition coefficient (Wildman–Crippen LogP) is 2.81. The third-order valence-electron chi connectivity index (χ3n) is 3.41. The van der Waals surface area contributed by atoms with Crippen molar-refractivity contribution in [3.63, 3.8) is 0 Å². The summed E-state index contributed by atoms with van der Waals surface area (Å²) in [4.78, 5) is 12.0. The number of hydrogen-bond donors (Lipinski definition) is 1. The zero-order valence-electron chi connectivity index (χ0n) is 13.8. The van der Waals surface area contributed by atoms with E-state index in [1.165, 1.54) is 9.87 Å². The Morgan fingerprint density at radius 2 is 1.82 bits per heavy atom. The first-order chi connectivity index (χ1) is 10.2. The Kier molecular flexibility index (Phi) is 7.03. The number of nitrogens with zero attached hydrogens (tertiary/aromatic N) is 1. The summed E-state index contributed by atoms with van der Waals surface area (Å²) in [5, 5.41) is 2.74. The van der Waals surface area contributed by atoms with Gasteiger partial charge in [0.2, 0.25) is 15.9 Å². The van der Waals surface area contributed by atoms with Crippen LogP contribution in [0.1, 0.15) is 45.1 Å². The Labute approximate surface area is 133 Å². The highest BCUT2D eigenvalue weighted by molar-refractivity contribution is 7.88. The van der Waals surface area contributed by atoms with E-state index in [1.54, 1.807) is 0 Å². The first-order valence-corrected chi connectivity index (χ1v) is 9.43. The van der Waals surface area contributed by atoms with Gasteiger partial charge in [0.05, 0.1) is 12.8 Å². The average molecular weight is 326 g/mol. The Hall–Kier alpha value is -1.40. The van der Waals surface area contributed by atoms with Crippen LogP contribution in [0.25, 0.3) is 0 Å². The predicted molar refractivity (Wildman–Crippen MR) is 90.5 cm³/mol. The van der Waals surface area contributed by atoms with Crippen LogP contribution in [0.4, 0.5) is 5.69 Å². The molecule has 0 heterocycles. The Morgan fingerprint density at radius 1 is 1.23 bits per heavy atom. The number of carbonyl (C=O) groups excluding carboxylic acids is 1. The van der Waals surface area contributed by atoms with Gasteiger partial charge in [-0.3, -0.25) is 4.79 Å². The van der Waals surface area contributed by atoms with Crippen molar-refractivity contribution in [2.24, 2.45) is 0 Å². The van der Waals surface area contributed by atoms with Crippen molar-refractivity contribution >= 4 is 21.6 Å². The minimum Gasteiger partial charge on any atom is -0.325 e. The summed E-state index contributed by atoms with van der Waals surface area (Å²) in [6.45, 7) is 6.41. The van der Waals surface area contributed by atoms with Gasteiger partial charge in [-0.2, -0.15) is 4.31 Å². The zero-order valence-corrected chi connectivity index (χ0v) is 14.6. The molecule has 1 amide bonds. The maximum absolute atomic E-state index is 12.0. The summed E-state index contributed by atoms with van der Waals surface area (Å²) in [5.74, 6) is 0.110. The van der Waals surface area contributed by atoms with Gasteiger partial charge in [-0.25, -0.2) is 8.42 Å². The molecule has 0 aromatic heterocycles. The third kappa shape index (κ3) is 6.15. The SMILES string of the molecule is CCCCN(CC(=O)Nc1ccc(C(C)C)cc1)S(C)(=O)=O. The van der Waals surface area contributed by atoms with Gasteiger partial charge in [-0.1, -0.05) is 39.3 Å². The van der Waals surface area contributed by atoms with Crippen molar-refractivity contribution in [2.75, 3.05) is 24.7 Å². The fourth-order valence-electron chi connectivity index (χ4n) is 2.01. The molecule has 0 unspecified atom stereocenters. The molecule has 0 atom stereocenters. The Morgan fingerprint density at radius 3 is 2.27 bits per heavy atom. The molecule has 1 rings (SSSR count). The minimum absolute atomic E-state index is 0.148. The van der Waals surface area contributed by atoms with E-state index in [9.17, 15) is 13.2 Å². The van der Waals surface area contributed by atoms with Crippen LogP contribution in [-0.2, 0) is 14.8 Å². The molecule has 1 N–H and O–H groups in total. The van der Waals surface area contributed by atoms with Crippen molar-refractivity contribution in [1.82, 2.24) is 4.31 Å². The van der Waals surface area contributed by atoms with Gasteiger partial charge in [-0.05, 0) is 30.0 Å². The lowest BCUT2D eigenvalue weighted by Crippen LogP contribution is -2.38. The molecule has 124 valence electrons. The number of sulfonamides is 1. The molecular weight excluding hydrogens is 300 g/mol. The smallest absolute Gasteiger partial charge is 0.239 e. The summed E-state index contributed by atoms with van der Waals surface area (Å²) < 4.78 is 24.6. The fraction of sp³-hybridized carbons (Fsp3) is 0.562. The molecule has 1 aromatic carbocycles. The molecule has 1 aromatic rings. The van der Waals surface area contributed by atoms with Crippen LogP contribution < -0.4 is 5.32 Å². The van der Waals surface area contributed by atoms with Crippen LogP contribution in [0.5, 0.6) is 0 Å². The van der Waals surface area contributed by atoms with Gasteiger partial charge in [0.15, 0.2) is 0 Å². The molecule has 0 fully saturated rings. The number of carbonyl (C=O) groups is 1. The molecule has 0 radical (unpaired) electrons. The topological polar surface area (TPSA) is 66.5 Å². The van der Waals surface area contributed by atoms with E-state index in [-0.39, 0.29) is 12.5 Å². The van der Waals surface area contributed by atoms with Gasteiger partial charge in [0, 0.05) is 12.2 Å². The molecule has 0 saturated heterocycles. The van der Waals surface area contributed by atoms with E-state index >= 15 is 0 Å². The van der Waals surface area contributed by atoms with E-state index < -0.39 is 10.0 Å². The summed E-state index contributed by atoms with van der Waals surface area (Å²) >= 11 is 0. The van der Waals surface area contributed by atoms with E-state index in [1.807, 2.05) is 31.2 Å². The second-order valence-electron chi connectivity index (χ2n) is 5.77. The first kappa shape index (κ1) is 18.6. The average Bonchev–Trinajstić information content (AvgIpc) is 2.42. The summed E-state index contributed by atoms with van der Waals surface area (Å²) in [7, 11) is -3.37. The highest BCUT2D eigenvalue weighted by atomic mass is 32.2. The molecule has 0 aliphatic heterocycles. The number of nitrogens with one attached hydrogen (secondary N) is 1. The van der Waals surface area contributed by atoms with E-state index in [0.29, 0.717) is 18.2 Å². The third-order valence-corrected chi connectivity index (χ3v) is 4.66. The summed E-state index contributed by atoms with van der Waals surface area (Å²) in [6, 6.07) is 7.60. The van der Waals surface area contributed by atoms with Gasteiger partial charge >= 0.3 is 0 Å². The normalized spacial score (nSPS) is 11.9. The van der Waals surface area contributed by atoms with Crippen molar-refractivity contribution in [3.05, 3.63) is 29.8 Å². The van der Waals surface area contributed by atoms with Gasteiger partial charge in [-0.15, -0.1) is 0 Å². The lowest BCUT2D eigenvalue weighted by molar-refractivity contribution is -0.116. The summed E-state index contributed by atoms with van der Waals surface area (Å²) in [6.07, 6.45) is 2.75. The minimum atomic E-state index is -3.37. The van der Waals surface area contributed by atoms with E-state index in [2.05, 4.69) is 19.2 Å². The number of rotatable bonds is 8. The molecule has 0 saturated carbocycles. The molecule has 0 aliphatic carbocycles. The Balaban J connectivity index is 2.67. The van der Waals surface area contributed by atoms with Crippen LogP contribution in [0.3, 0.4) is 0 Å². The van der Waals surface area contributed by atoms with Crippen LogP contribution >= 0.6 is 0 Å². The monoisotopic (exact) mass is 326 g/mol. The van der Waals surface area contributed by atoms with Crippen LogP contribution in [0, 0.1) is 0 Å². The first-order valence-electron chi connectivity index (χ1n) is 7.59. The molecule has 0 aliphatic rings. The highest BCUT2D eigenvalue weighted by Gasteiger charge is 2.19. The molecule has 22 heavy (non-hydrogen) atoms. The number of unbranched alkanes of at least 4 members (excludes halogenated alkanes) is 1. The number of anilines is 1. The molecule has 0 spiro atoms. The largest absolute Gasteiger partial charge is 0.325 e. The molecule has 0 bridgehead atoms. The van der Waals surface area contributed by atoms with Crippen LogP contribution in [0.2, 0.25) is 0 Å². The summed E-state index contributed by atoms with van der Waals surface area (Å²) in [5.41, 5.74) is 1.87. The number of hydrogen-bond acceptors (Lipinski definition) is 3. The van der Waals surface area contributed by atoms with Crippen molar-refractivity contribution in [3.8, 4) is 0 Å². The van der Waals surface area contributed by atoms with Gasteiger partial charge < -0.3 is 5.32 Å². The number of amides is 1. The van der Waals surface area contributed by atoms with E-state index in [0.717, 1.165) is 19.1 Å². The molecule has 6 heteroatoms. The second kappa shape index (κ2) is 8.29. The lowest BCUT2D eigenvalue weighted by atomic mass is 10.0. The van der Waals surface area contributed by atoms with E-state index in [4.69, 9.17) is 0 Å². The second-order valence-corrected chi connectivity index (χ2v) is 7.76. The maximum atomic E-state index is 12.0. The van der Waals surface area contributed by atoms with Gasteiger partial charge in [0.1, 0.15) is 0 Å². The van der Waals surface area contributed by atoms with Crippen molar-refractivity contribution < 1.29 is 13.2 Å². The molecular formula is C16H26N2O3S. The highest BCUT2D eigenvalue weighted by Crippen LogP contribution is 2.17. The van der Waals surface area contributed by atoms with Gasteiger partial charge in [0.25, 0.3) is 0 Å². The van der Waals surface area contributed by atoms with Crippen molar-refractivity contribution in [1.29, 1.82) is 0 Å². The number of benzene rings is 1. The fourth-order valence-corrected chi connectivity index (χ4v) is 2.82. The zero-order chi connectivity index (χ0) is 16.8. The van der Waals surface area contributed by atoms with Crippen molar-refractivity contribution in [2.45, 2.75) is 39.5 Å². The van der Waals surface area contributed by atoms with Crippen LogP contribution in [-0.4, -0.2) is 38.0 Å².